The molecule has 0 bridgehead atoms. The molecule has 0 aliphatic carbocycles. The molecule has 1 heteroatoms. The zero-order chi connectivity index (χ0) is 24.6. The standard InChI is InChI=1S/C36H24S/c1-3-13-25(14-4-1)27-17-7-8-18-29(27)30-21-11-20-28(26-15-5-2-6-16-26)35(30)32-22-12-24-34-36(32)31-19-9-10-23-33(31)37-34/h1-24H. The fraction of sp³-hybridized carbons (Fsp3) is 0. The third kappa shape index (κ3) is 3.76. The van der Waals surface area contributed by atoms with E-state index in [1.807, 2.05) is 11.3 Å². The Labute approximate surface area is 221 Å². The summed E-state index contributed by atoms with van der Waals surface area (Å²) >= 11 is 1.87. The first-order valence-electron chi connectivity index (χ1n) is 12.6. The van der Waals surface area contributed by atoms with Gasteiger partial charge in [-0.2, -0.15) is 0 Å². The number of rotatable bonds is 4. The zero-order valence-electron chi connectivity index (χ0n) is 20.3. The number of hydrogen-bond donors (Lipinski definition) is 0. The van der Waals surface area contributed by atoms with Gasteiger partial charge in [-0.25, -0.2) is 0 Å². The molecule has 0 nitrogen and oxygen atoms in total. The highest BCUT2D eigenvalue weighted by molar-refractivity contribution is 7.25. The molecule has 7 rings (SSSR count). The summed E-state index contributed by atoms with van der Waals surface area (Å²) in [5.41, 5.74) is 10.0. The zero-order valence-corrected chi connectivity index (χ0v) is 21.1. The van der Waals surface area contributed by atoms with Gasteiger partial charge in [-0.15, -0.1) is 11.3 Å². The Morgan fingerprint density at radius 3 is 1.62 bits per heavy atom. The van der Waals surface area contributed by atoms with E-state index in [1.54, 1.807) is 0 Å². The second kappa shape index (κ2) is 9.20. The topological polar surface area (TPSA) is 0 Å². The Morgan fingerprint density at radius 2 is 0.838 bits per heavy atom. The van der Waals surface area contributed by atoms with E-state index in [9.17, 15) is 0 Å². The SMILES string of the molecule is c1ccc(-c2ccccc2-c2cccc(-c3ccccc3)c2-c2cccc3sc4ccccc4c23)cc1. The third-order valence-electron chi connectivity index (χ3n) is 7.12. The van der Waals surface area contributed by atoms with Crippen LogP contribution in [-0.4, -0.2) is 0 Å². The van der Waals surface area contributed by atoms with E-state index in [-0.39, 0.29) is 0 Å². The highest BCUT2D eigenvalue weighted by Crippen LogP contribution is 2.47. The summed E-state index contributed by atoms with van der Waals surface area (Å²) in [6, 6.07) is 52.6. The number of hydrogen-bond acceptors (Lipinski definition) is 1. The van der Waals surface area contributed by atoms with Gasteiger partial charge >= 0.3 is 0 Å². The van der Waals surface area contributed by atoms with Crippen LogP contribution < -0.4 is 0 Å². The Kier molecular flexibility index (Phi) is 5.42. The lowest BCUT2D eigenvalue weighted by molar-refractivity contribution is 1.56. The molecule has 1 aromatic heterocycles. The first-order valence-corrected chi connectivity index (χ1v) is 13.4. The maximum atomic E-state index is 2.30. The normalized spacial score (nSPS) is 11.2. The number of thiophene rings is 1. The van der Waals surface area contributed by atoms with Gasteiger partial charge in [0.05, 0.1) is 0 Å². The minimum atomic E-state index is 1.23. The predicted octanol–water partition coefficient (Wildman–Crippen LogP) is 10.7. The van der Waals surface area contributed by atoms with E-state index in [1.165, 1.54) is 64.7 Å². The Balaban J connectivity index is 1.61. The summed E-state index contributed by atoms with van der Waals surface area (Å²) in [6.45, 7) is 0. The second-order valence-electron chi connectivity index (χ2n) is 9.28. The summed E-state index contributed by atoms with van der Waals surface area (Å²) in [4.78, 5) is 0. The van der Waals surface area contributed by atoms with Crippen molar-refractivity contribution >= 4 is 31.5 Å². The van der Waals surface area contributed by atoms with Gasteiger partial charge in [0.25, 0.3) is 0 Å². The van der Waals surface area contributed by atoms with Crippen LogP contribution >= 0.6 is 11.3 Å². The quantitative estimate of drug-likeness (QED) is 0.231. The van der Waals surface area contributed by atoms with Crippen molar-refractivity contribution < 1.29 is 0 Å². The van der Waals surface area contributed by atoms with Crippen molar-refractivity contribution in [3.8, 4) is 44.5 Å². The van der Waals surface area contributed by atoms with Crippen LogP contribution in [-0.2, 0) is 0 Å². The first kappa shape index (κ1) is 21.8. The van der Waals surface area contributed by atoms with Gasteiger partial charge in [0, 0.05) is 20.2 Å². The minimum absolute atomic E-state index is 1.23. The van der Waals surface area contributed by atoms with Gasteiger partial charge in [0.1, 0.15) is 0 Å². The molecule has 0 aliphatic rings. The van der Waals surface area contributed by atoms with Gasteiger partial charge in [-0.05, 0) is 56.6 Å². The molecule has 7 aromatic rings. The molecule has 0 unspecified atom stereocenters. The van der Waals surface area contributed by atoms with Crippen molar-refractivity contribution in [1.29, 1.82) is 0 Å². The van der Waals surface area contributed by atoms with E-state index in [2.05, 4.69) is 146 Å². The van der Waals surface area contributed by atoms with Crippen molar-refractivity contribution in [3.05, 3.63) is 146 Å². The van der Waals surface area contributed by atoms with Crippen LogP contribution in [0.4, 0.5) is 0 Å². The molecular weight excluding hydrogens is 464 g/mol. The van der Waals surface area contributed by atoms with Gasteiger partial charge in [0.15, 0.2) is 0 Å². The van der Waals surface area contributed by atoms with Crippen LogP contribution in [0.2, 0.25) is 0 Å². The summed E-state index contributed by atoms with van der Waals surface area (Å²) < 4.78 is 2.65. The monoisotopic (exact) mass is 488 g/mol. The van der Waals surface area contributed by atoms with Crippen molar-refractivity contribution in [2.45, 2.75) is 0 Å². The molecular formula is C36H24S. The maximum absolute atomic E-state index is 2.30. The molecule has 0 spiro atoms. The maximum Gasteiger partial charge on any atom is 0.0361 e. The van der Waals surface area contributed by atoms with E-state index in [0.29, 0.717) is 0 Å². The van der Waals surface area contributed by atoms with Gasteiger partial charge in [0.2, 0.25) is 0 Å². The van der Waals surface area contributed by atoms with Crippen molar-refractivity contribution in [2.24, 2.45) is 0 Å². The van der Waals surface area contributed by atoms with Crippen molar-refractivity contribution in [3.63, 3.8) is 0 Å². The molecule has 0 radical (unpaired) electrons. The van der Waals surface area contributed by atoms with Crippen LogP contribution in [0.3, 0.4) is 0 Å². The molecule has 0 amide bonds. The lowest BCUT2D eigenvalue weighted by Gasteiger charge is -2.19. The molecule has 0 N–H and O–H groups in total. The van der Waals surface area contributed by atoms with Crippen LogP contribution in [0.25, 0.3) is 64.7 Å². The molecule has 0 saturated heterocycles. The summed E-state index contributed by atoms with van der Waals surface area (Å²) in [7, 11) is 0. The Hall–Kier alpha value is -4.46. The summed E-state index contributed by atoms with van der Waals surface area (Å²) in [6.07, 6.45) is 0. The largest absolute Gasteiger partial charge is 0.135 e. The Morgan fingerprint density at radius 1 is 0.324 bits per heavy atom. The number of benzene rings is 6. The predicted molar refractivity (Wildman–Crippen MR) is 161 cm³/mol. The minimum Gasteiger partial charge on any atom is -0.135 e. The molecule has 0 aliphatic heterocycles. The van der Waals surface area contributed by atoms with Crippen LogP contribution in [0.5, 0.6) is 0 Å². The van der Waals surface area contributed by atoms with Gasteiger partial charge in [-0.1, -0.05) is 133 Å². The molecule has 6 aromatic carbocycles. The van der Waals surface area contributed by atoms with E-state index in [4.69, 9.17) is 0 Å². The molecule has 1 heterocycles. The highest BCUT2D eigenvalue weighted by atomic mass is 32.1. The van der Waals surface area contributed by atoms with Gasteiger partial charge < -0.3 is 0 Å². The lowest BCUT2D eigenvalue weighted by Crippen LogP contribution is -1.93. The first-order chi connectivity index (χ1) is 18.4. The van der Waals surface area contributed by atoms with E-state index < -0.39 is 0 Å². The number of fused-ring (bicyclic) bond motifs is 3. The molecule has 0 saturated carbocycles. The molecule has 37 heavy (non-hydrogen) atoms. The Bertz CT molecular complexity index is 1860. The van der Waals surface area contributed by atoms with Crippen molar-refractivity contribution in [1.82, 2.24) is 0 Å². The molecule has 0 fully saturated rings. The fourth-order valence-electron chi connectivity index (χ4n) is 5.50. The highest BCUT2D eigenvalue weighted by Gasteiger charge is 2.20. The van der Waals surface area contributed by atoms with Crippen molar-refractivity contribution in [2.75, 3.05) is 0 Å². The smallest absolute Gasteiger partial charge is 0.0361 e. The second-order valence-corrected chi connectivity index (χ2v) is 10.4. The average molecular weight is 489 g/mol. The van der Waals surface area contributed by atoms with E-state index >= 15 is 0 Å². The average Bonchev–Trinajstić information content (AvgIpc) is 3.37. The molecule has 0 atom stereocenters. The van der Waals surface area contributed by atoms with E-state index in [0.717, 1.165) is 0 Å². The summed E-state index contributed by atoms with van der Waals surface area (Å²) in [5.74, 6) is 0. The lowest BCUT2D eigenvalue weighted by atomic mass is 9.84. The molecule has 174 valence electrons. The van der Waals surface area contributed by atoms with Gasteiger partial charge in [-0.3, -0.25) is 0 Å². The van der Waals surface area contributed by atoms with Crippen LogP contribution in [0, 0.1) is 0 Å². The van der Waals surface area contributed by atoms with Crippen LogP contribution in [0.1, 0.15) is 0 Å². The third-order valence-corrected chi connectivity index (χ3v) is 8.26. The fourth-order valence-corrected chi connectivity index (χ4v) is 6.63. The summed E-state index contributed by atoms with van der Waals surface area (Å²) in [5, 5.41) is 2.66. The van der Waals surface area contributed by atoms with Crippen LogP contribution in [0.15, 0.2) is 146 Å².